The molecule has 1 heterocycles. The van der Waals surface area contributed by atoms with Crippen LogP contribution < -0.4 is 5.32 Å². The molecule has 1 aliphatic rings. The van der Waals surface area contributed by atoms with Crippen molar-refractivity contribution < 1.29 is 13.6 Å². The van der Waals surface area contributed by atoms with E-state index >= 15 is 0 Å². The number of carbonyl (C=O) groups excluding carboxylic acids is 1. The normalized spacial score (nSPS) is 21.4. The maximum Gasteiger partial charge on any atom is 0.262 e. The molecule has 1 aromatic carbocycles. The average Bonchev–Trinajstić information content (AvgIpc) is 2.71. The van der Waals surface area contributed by atoms with Crippen molar-refractivity contribution in [2.45, 2.75) is 24.9 Å². The highest BCUT2D eigenvalue weighted by atomic mass is 35.5. The van der Waals surface area contributed by atoms with Crippen LogP contribution in [0.1, 0.15) is 12.0 Å². The minimum Gasteiger partial charge on any atom is -0.340 e. The number of hydrogen-bond donors (Lipinski definition) is 1. The smallest absolute Gasteiger partial charge is 0.262 e. The Kier molecular flexibility index (Phi) is 4.06. The number of hydrogen-bond acceptors (Lipinski definition) is 2. The molecule has 0 radical (unpaired) electrons. The first-order valence-electron chi connectivity index (χ1n) is 5.99. The standard InChI is InChI=1S/C13H15ClF2N2O/c1-18(7-9-4-2-3-5-10(9)14)12(19)11-6-13(15,16)8-17-11/h2-5,11,17H,6-8H2,1H3. The number of carbonyl (C=O) groups is 1. The van der Waals surface area contributed by atoms with E-state index in [0.29, 0.717) is 11.6 Å². The Labute approximate surface area is 115 Å². The highest BCUT2D eigenvalue weighted by molar-refractivity contribution is 6.31. The summed E-state index contributed by atoms with van der Waals surface area (Å²) in [5.74, 6) is -3.14. The highest BCUT2D eigenvalue weighted by Gasteiger charge is 2.43. The molecular weight excluding hydrogens is 274 g/mol. The Morgan fingerprint density at radius 2 is 2.21 bits per heavy atom. The van der Waals surface area contributed by atoms with Crippen LogP contribution in [-0.4, -0.2) is 36.4 Å². The Bertz CT molecular complexity index is 481. The molecule has 1 atom stereocenters. The first-order valence-corrected chi connectivity index (χ1v) is 6.36. The summed E-state index contributed by atoms with van der Waals surface area (Å²) >= 11 is 6.00. The van der Waals surface area contributed by atoms with Crippen LogP contribution in [0.4, 0.5) is 8.78 Å². The molecule has 0 aromatic heterocycles. The summed E-state index contributed by atoms with van der Waals surface area (Å²) in [6.07, 6.45) is -0.446. The first-order chi connectivity index (χ1) is 8.89. The molecule has 104 valence electrons. The van der Waals surface area contributed by atoms with Crippen molar-refractivity contribution >= 4 is 17.5 Å². The third kappa shape index (κ3) is 3.42. The van der Waals surface area contributed by atoms with E-state index in [-0.39, 0.29) is 5.91 Å². The third-order valence-electron chi connectivity index (χ3n) is 3.15. The zero-order valence-corrected chi connectivity index (χ0v) is 11.3. The van der Waals surface area contributed by atoms with Crippen molar-refractivity contribution in [3.05, 3.63) is 34.9 Å². The number of amides is 1. The zero-order chi connectivity index (χ0) is 14.0. The molecule has 1 aliphatic heterocycles. The lowest BCUT2D eigenvalue weighted by Crippen LogP contribution is -2.41. The predicted molar refractivity (Wildman–Crippen MR) is 69.3 cm³/mol. The molecule has 0 bridgehead atoms. The highest BCUT2D eigenvalue weighted by Crippen LogP contribution is 2.26. The van der Waals surface area contributed by atoms with Gasteiger partial charge < -0.3 is 4.90 Å². The van der Waals surface area contributed by atoms with Gasteiger partial charge in [0.1, 0.15) is 0 Å². The van der Waals surface area contributed by atoms with Gasteiger partial charge in [0, 0.05) is 25.0 Å². The van der Waals surface area contributed by atoms with Crippen LogP contribution in [0.2, 0.25) is 5.02 Å². The van der Waals surface area contributed by atoms with E-state index in [9.17, 15) is 13.6 Å². The topological polar surface area (TPSA) is 32.3 Å². The van der Waals surface area contributed by atoms with E-state index in [1.165, 1.54) is 4.90 Å². The van der Waals surface area contributed by atoms with E-state index in [1.807, 2.05) is 12.1 Å². The Morgan fingerprint density at radius 1 is 1.53 bits per heavy atom. The summed E-state index contributed by atoms with van der Waals surface area (Å²) in [6, 6.07) is 6.34. The van der Waals surface area contributed by atoms with Crippen LogP contribution in [0.15, 0.2) is 24.3 Å². The number of rotatable bonds is 3. The van der Waals surface area contributed by atoms with E-state index in [1.54, 1.807) is 19.2 Å². The Morgan fingerprint density at radius 3 is 2.79 bits per heavy atom. The lowest BCUT2D eigenvalue weighted by Gasteiger charge is -2.21. The van der Waals surface area contributed by atoms with E-state index in [2.05, 4.69) is 5.32 Å². The molecule has 1 unspecified atom stereocenters. The quantitative estimate of drug-likeness (QED) is 0.926. The van der Waals surface area contributed by atoms with E-state index < -0.39 is 24.9 Å². The van der Waals surface area contributed by atoms with Gasteiger partial charge in [-0.1, -0.05) is 29.8 Å². The summed E-state index contributed by atoms with van der Waals surface area (Å²) in [4.78, 5) is 13.5. The molecule has 1 N–H and O–H groups in total. The van der Waals surface area contributed by atoms with Crippen molar-refractivity contribution in [1.82, 2.24) is 10.2 Å². The lowest BCUT2D eigenvalue weighted by molar-refractivity contribution is -0.132. The molecule has 2 rings (SSSR count). The minimum absolute atomic E-state index is 0.308. The molecule has 1 saturated heterocycles. The van der Waals surface area contributed by atoms with Gasteiger partial charge in [-0.15, -0.1) is 0 Å². The molecule has 0 saturated carbocycles. The maximum atomic E-state index is 13.1. The number of alkyl halides is 2. The fourth-order valence-corrected chi connectivity index (χ4v) is 2.31. The van der Waals surface area contributed by atoms with Crippen molar-refractivity contribution in [2.75, 3.05) is 13.6 Å². The number of likely N-dealkylation sites (N-methyl/N-ethyl adjacent to an activating group) is 1. The summed E-state index contributed by atoms with van der Waals surface area (Å²) < 4.78 is 26.1. The van der Waals surface area contributed by atoms with Crippen LogP contribution in [0.25, 0.3) is 0 Å². The number of halogens is 3. The molecule has 19 heavy (non-hydrogen) atoms. The molecule has 6 heteroatoms. The SMILES string of the molecule is CN(Cc1ccccc1Cl)C(=O)C1CC(F)(F)CN1. The van der Waals surface area contributed by atoms with Crippen molar-refractivity contribution in [1.29, 1.82) is 0 Å². The first kappa shape index (κ1) is 14.2. The van der Waals surface area contributed by atoms with Crippen LogP contribution in [0.3, 0.4) is 0 Å². The maximum absolute atomic E-state index is 13.1. The Balaban J connectivity index is 1.99. The molecular formula is C13H15ClF2N2O. The summed E-state index contributed by atoms with van der Waals surface area (Å²) in [7, 11) is 1.59. The van der Waals surface area contributed by atoms with Gasteiger partial charge in [-0.2, -0.15) is 0 Å². The van der Waals surface area contributed by atoms with Gasteiger partial charge in [0.05, 0.1) is 12.6 Å². The predicted octanol–water partition coefficient (Wildman–Crippen LogP) is 2.30. The summed E-state index contributed by atoms with van der Waals surface area (Å²) in [6.45, 7) is -0.133. The van der Waals surface area contributed by atoms with E-state index in [0.717, 1.165) is 5.56 Å². The lowest BCUT2D eigenvalue weighted by atomic mass is 10.1. The van der Waals surface area contributed by atoms with Gasteiger partial charge in [-0.3, -0.25) is 10.1 Å². The van der Waals surface area contributed by atoms with Gasteiger partial charge in [0.25, 0.3) is 5.92 Å². The number of benzene rings is 1. The third-order valence-corrected chi connectivity index (χ3v) is 3.52. The Hall–Kier alpha value is -1.20. The second-order valence-electron chi connectivity index (χ2n) is 4.78. The largest absolute Gasteiger partial charge is 0.340 e. The molecule has 0 spiro atoms. The fourth-order valence-electron chi connectivity index (χ4n) is 2.12. The number of nitrogens with zero attached hydrogens (tertiary/aromatic N) is 1. The monoisotopic (exact) mass is 288 g/mol. The second-order valence-corrected chi connectivity index (χ2v) is 5.19. The molecule has 1 fully saturated rings. The number of nitrogens with one attached hydrogen (secondary N) is 1. The van der Waals surface area contributed by atoms with Crippen molar-refractivity contribution in [2.24, 2.45) is 0 Å². The van der Waals surface area contributed by atoms with Crippen LogP contribution >= 0.6 is 11.6 Å². The summed E-state index contributed by atoms with van der Waals surface area (Å²) in [5, 5.41) is 3.12. The van der Waals surface area contributed by atoms with E-state index in [4.69, 9.17) is 11.6 Å². The van der Waals surface area contributed by atoms with Crippen LogP contribution in [0.5, 0.6) is 0 Å². The van der Waals surface area contributed by atoms with Gasteiger partial charge >= 0.3 is 0 Å². The van der Waals surface area contributed by atoms with Crippen LogP contribution in [-0.2, 0) is 11.3 Å². The fraction of sp³-hybridized carbons (Fsp3) is 0.462. The zero-order valence-electron chi connectivity index (χ0n) is 10.5. The molecule has 0 aliphatic carbocycles. The molecule has 1 amide bonds. The second kappa shape index (κ2) is 5.43. The minimum atomic E-state index is -2.80. The van der Waals surface area contributed by atoms with Gasteiger partial charge in [-0.25, -0.2) is 8.78 Å². The molecule has 3 nitrogen and oxygen atoms in total. The molecule has 1 aromatic rings. The van der Waals surface area contributed by atoms with Crippen LogP contribution in [0, 0.1) is 0 Å². The van der Waals surface area contributed by atoms with Gasteiger partial charge in [-0.05, 0) is 11.6 Å². The average molecular weight is 289 g/mol. The van der Waals surface area contributed by atoms with Crippen molar-refractivity contribution in [3.63, 3.8) is 0 Å². The van der Waals surface area contributed by atoms with Gasteiger partial charge in [0.15, 0.2) is 0 Å². The van der Waals surface area contributed by atoms with Gasteiger partial charge in [0.2, 0.25) is 5.91 Å². The summed E-state index contributed by atoms with van der Waals surface area (Å²) in [5.41, 5.74) is 0.796. The van der Waals surface area contributed by atoms with Crippen molar-refractivity contribution in [3.8, 4) is 0 Å².